The van der Waals surface area contributed by atoms with E-state index >= 15 is 0 Å². The Hall–Kier alpha value is -1.66. The van der Waals surface area contributed by atoms with Crippen molar-refractivity contribution in [2.75, 3.05) is 12.8 Å². The van der Waals surface area contributed by atoms with Crippen LogP contribution in [0.5, 0.6) is 0 Å². The summed E-state index contributed by atoms with van der Waals surface area (Å²) in [5.41, 5.74) is 9.19. The number of carbonyl (C=O) groups excluding carboxylic acids is 1. The van der Waals surface area contributed by atoms with E-state index < -0.39 is 0 Å². The van der Waals surface area contributed by atoms with Gasteiger partial charge in [0.05, 0.1) is 5.69 Å². The largest absolute Gasteiger partial charge is 0.383 e. The van der Waals surface area contributed by atoms with Gasteiger partial charge in [0.15, 0.2) is 3.95 Å². The SMILES string of the molecule is CNC(=O)c1sc(=S)n(-c2cc(C)ccc2C)c1N. The number of nitrogen functional groups attached to an aromatic ring is 1. The van der Waals surface area contributed by atoms with Crippen LogP contribution in [0.15, 0.2) is 18.2 Å². The summed E-state index contributed by atoms with van der Waals surface area (Å²) >= 11 is 6.56. The van der Waals surface area contributed by atoms with Crippen molar-refractivity contribution in [3.63, 3.8) is 0 Å². The average molecular weight is 293 g/mol. The van der Waals surface area contributed by atoms with E-state index in [1.165, 1.54) is 11.3 Å². The highest BCUT2D eigenvalue weighted by atomic mass is 32.1. The van der Waals surface area contributed by atoms with E-state index in [0.717, 1.165) is 16.8 Å². The van der Waals surface area contributed by atoms with Crippen LogP contribution in [0.25, 0.3) is 5.69 Å². The molecule has 0 fully saturated rings. The molecule has 0 aliphatic carbocycles. The molecule has 1 aromatic heterocycles. The molecule has 0 spiro atoms. The zero-order chi connectivity index (χ0) is 14.2. The molecule has 0 saturated carbocycles. The Morgan fingerprint density at radius 1 is 1.42 bits per heavy atom. The lowest BCUT2D eigenvalue weighted by Crippen LogP contribution is -2.18. The quantitative estimate of drug-likeness (QED) is 0.837. The second-order valence-electron chi connectivity index (χ2n) is 4.29. The van der Waals surface area contributed by atoms with Crippen molar-refractivity contribution in [1.29, 1.82) is 0 Å². The molecule has 0 bridgehead atoms. The van der Waals surface area contributed by atoms with E-state index in [4.69, 9.17) is 18.0 Å². The van der Waals surface area contributed by atoms with Gasteiger partial charge in [-0.25, -0.2) is 0 Å². The van der Waals surface area contributed by atoms with Gasteiger partial charge in [-0.1, -0.05) is 23.5 Å². The molecule has 0 saturated heterocycles. The third-order valence-corrected chi connectivity index (χ3v) is 4.27. The molecule has 1 heterocycles. The van der Waals surface area contributed by atoms with Crippen molar-refractivity contribution in [2.24, 2.45) is 0 Å². The Morgan fingerprint density at radius 2 is 2.11 bits per heavy atom. The van der Waals surface area contributed by atoms with Crippen LogP contribution in [0, 0.1) is 17.8 Å². The van der Waals surface area contributed by atoms with Gasteiger partial charge in [-0.15, -0.1) is 0 Å². The van der Waals surface area contributed by atoms with Gasteiger partial charge < -0.3 is 11.1 Å². The van der Waals surface area contributed by atoms with Gasteiger partial charge in [0.1, 0.15) is 10.7 Å². The second kappa shape index (κ2) is 5.14. The Morgan fingerprint density at radius 3 is 2.74 bits per heavy atom. The topological polar surface area (TPSA) is 60.0 Å². The Kier molecular flexibility index (Phi) is 3.73. The van der Waals surface area contributed by atoms with Gasteiger partial charge in [0.2, 0.25) is 0 Å². The van der Waals surface area contributed by atoms with Crippen LogP contribution in [-0.4, -0.2) is 17.5 Å². The number of hydrogen-bond donors (Lipinski definition) is 2. The van der Waals surface area contributed by atoms with Gasteiger partial charge in [0.25, 0.3) is 5.91 Å². The smallest absolute Gasteiger partial charge is 0.264 e. The first-order chi connectivity index (χ1) is 8.95. The van der Waals surface area contributed by atoms with Crippen molar-refractivity contribution >= 4 is 35.3 Å². The predicted octanol–water partition coefficient (Wildman–Crippen LogP) is 2.83. The Balaban J connectivity index is 2.70. The number of nitrogens with two attached hydrogens (primary N) is 1. The molecule has 1 aromatic carbocycles. The van der Waals surface area contributed by atoms with E-state index in [0.29, 0.717) is 14.6 Å². The monoisotopic (exact) mass is 293 g/mol. The second-order valence-corrected chi connectivity index (χ2v) is 5.93. The minimum absolute atomic E-state index is 0.211. The summed E-state index contributed by atoms with van der Waals surface area (Å²) in [7, 11) is 1.58. The number of rotatable bonds is 2. The highest BCUT2D eigenvalue weighted by molar-refractivity contribution is 7.73. The van der Waals surface area contributed by atoms with Crippen molar-refractivity contribution in [2.45, 2.75) is 13.8 Å². The van der Waals surface area contributed by atoms with Crippen LogP contribution in [0.2, 0.25) is 0 Å². The maximum atomic E-state index is 11.7. The molecule has 0 atom stereocenters. The van der Waals surface area contributed by atoms with Crippen molar-refractivity contribution in [3.05, 3.63) is 38.2 Å². The lowest BCUT2D eigenvalue weighted by molar-refractivity contribution is 0.0967. The summed E-state index contributed by atoms with van der Waals surface area (Å²) in [6, 6.07) is 6.07. The zero-order valence-electron chi connectivity index (χ0n) is 11.0. The predicted molar refractivity (Wildman–Crippen MR) is 81.8 cm³/mol. The summed E-state index contributed by atoms with van der Waals surface area (Å²) < 4.78 is 2.33. The molecular formula is C13H15N3OS2. The minimum Gasteiger partial charge on any atom is -0.383 e. The van der Waals surface area contributed by atoms with E-state index in [-0.39, 0.29) is 5.91 Å². The number of anilines is 1. The standard InChI is InChI=1S/C13H15N3OS2/c1-7-4-5-8(2)9(6-7)16-11(14)10(12(17)15-3)19-13(16)18/h4-6H,14H2,1-3H3,(H,15,17). The number of nitrogens with zero attached hydrogens (tertiary/aromatic N) is 1. The van der Waals surface area contributed by atoms with Crippen LogP contribution in [-0.2, 0) is 0 Å². The number of thiazole rings is 1. The van der Waals surface area contributed by atoms with Crippen molar-refractivity contribution in [3.8, 4) is 5.69 Å². The number of aryl methyl sites for hydroxylation is 2. The first-order valence-electron chi connectivity index (χ1n) is 5.76. The molecule has 3 N–H and O–H groups in total. The molecular weight excluding hydrogens is 278 g/mol. The normalized spacial score (nSPS) is 10.5. The number of benzene rings is 1. The van der Waals surface area contributed by atoms with Gasteiger partial charge in [-0.3, -0.25) is 9.36 Å². The summed E-state index contributed by atoms with van der Waals surface area (Å²) in [5.74, 6) is 0.181. The minimum atomic E-state index is -0.211. The summed E-state index contributed by atoms with van der Waals surface area (Å²) in [5, 5.41) is 2.57. The molecule has 2 rings (SSSR count). The lowest BCUT2D eigenvalue weighted by Gasteiger charge is -2.10. The molecule has 4 nitrogen and oxygen atoms in total. The number of amides is 1. The van der Waals surface area contributed by atoms with Gasteiger partial charge in [0, 0.05) is 7.05 Å². The summed E-state index contributed by atoms with van der Waals surface area (Å²) in [4.78, 5) is 12.2. The molecule has 1 amide bonds. The van der Waals surface area contributed by atoms with Crippen LogP contribution < -0.4 is 11.1 Å². The molecule has 100 valence electrons. The Bertz CT molecular complexity index is 700. The van der Waals surface area contributed by atoms with Gasteiger partial charge >= 0.3 is 0 Å². The fourth-order valence-electron chi connectivity index (χ4n) is 1.85. The molecule has 0 aliphatic rings. The molecule has 0 radical (unpaired) electrons. The zero-order valence-corrected chi connectivity index (χ0v) is 12.6. The van der Waals surface area contributed by atoms with E-state index in [1.54, 1.807) is 11.6 Å². The van der Waals surface area contributed by atoms with Crippen LogP contribution >= 0.6 is 23.6 Å². The number of hydrogen-bond acceptors (Lipinski definition) is 4. The fourth-order valence-corrected chi connectivity index (χ4v) is 3.15. The Labute approximate surface area is 120 Å². The summed E-state index contributed by atoms with van der Waals surface area (Å²) in [6.07, 6.45) is 0. The van der Waals surface area contributed by atoms with Crippen LogP contribution in [0.4, 0.5) is 5.82 Å². The maximum absolute atomic E-state index is 11.7. The fraction of sp³-hybridized carbons (Fsp3) is 0.231. The van der Waals surface area contributed by atoms with E-state index in [1.807, 2.05) is 32.0 Å². The van der Waals surface area contributed by atoms with E-state index in [9.17, 15) is 4.79 Å². The maximum Gasteiger partial charge on any atom is 0.264 e. The third kappa shape index (κ3) is 2.41. The number of carbonyl (C=O) groups is 1. The molecule has 2 aromatic rings. The lowest BCUT2D eigenvalue weighted by atomic mass is 10.1. The van der Waals surface area contributed by atoms with Gasteiger partial charge in [-0.05, 0) is 43.3 Å². The highest BCUT2D eigenvalue weighted by Gasteiger charge is 2.17. The molecule has 6 heteroatoms. The van der Waals surface area contributed by atoms with Crippen molar-refractivity contribution < 1.29 is 4.79 Å². The first kappa shape index (κ1) is 13.8. The van der Waals surface area contributed by atoms with Crippen LogP contribution in [0.3, 0.4) is 0 Å². The summed E-state index contributed by atoms with van der Waals surface area (Å²) in [6.45, 7) is 4.00. The van der Waals surface area contributed by atoms with Crippen LogP contribution in [0.1, 0.15) is 20.8 Å². The van der Waals surface area contributed by atoms with E-state index in [2.05, 4.69) is 5.32 Å². The average Bonchev–Trinajstić information content (AvgIpc) is 2.67. The molecule has 19 heavy (non-hydrogen) atoms. The first-order valence-corrected chi connectivity index (χ1v) is 6.99. The highest BCUT2D eigenvalue weighted by Crippen LogP contribution is 2.28. The number of aromatic nitrogens is 1. The molecule has 0 unspecified atom stereocenters. The number of nitrogens with one attached hydrogen (secondary N) is 1. The van der Waals surface area contributed by atoms with Gasteiger partial charge in [-0.2, -0.15) is 0 Å². The van der Waals surface area contributed by atoms with Crippen molar-refractivity contribution in [1.82, 2.24) is 9.88 Å². The molecule has 0 aliphatic heterocycles. The third-order valence-electron chi connectivity index (χ3n) is 2.88.